The molecule has 0 aliphatic rings. The van der Waals surface area contributed by atoms with Gasteiger partial charge in [-0.2, -0.15) is 0 Å². The Bertz CT molecular complexity index is 422. The van der Waals surface area contributed by atoms with Crippen LogP contribution in [0.3, 0.4) is 0 Å². The molecule has 0 aromatic heterocycles. The van der Waals surface area contributed by atoms with Gasteiger partial charge < -0.3 is 4.90 Å². The van der Waals surface area contributed by atoms with Gasteiger partial charge in [-0.05, 0) is 24.6 Å². The van der Waals surface area contributed by atoms with E-state index in [2.05, 4.69) is 72.6 Å². The molecule has 0 atom stereocenters. The summed E-state index contributed by atoms with van der Waals surface area (Å²) in [6.45, 7) is 6.12. The third-order valence-corrected chi connectivity index (χ3v) is 2.92. The quantitative estimate of drug-likeness (QED) is 0.766. The van der Waals surface area contributed by atoms with E-state index in [1.54, 1.807) is 0 Å². The van der Waals surface area contributed by atoms with Crippen molar-refractivity contribution in [2.45, 2.75) is 26.8 Å². The Morgan fingerprint density at radius 2 is 1.21 bits per heavy atom. The van der Waals surface area contributed by atoms with Crippen LogP contribution in [-0.2, 0) is 13.0 Å². The molecule has 1 nitrogen and oxygen atoms in total. The number of hydrogen-bond acceptors (Lipinski definition) is 1. The van der Waals surface area contributed by atoms with E-state index >= 15 is 0 Å². The van der Waals surface area contributed by atoms with Crippen LogP contribution in [0.2, 0.25) is 0 Å². The molecule has 0 fully saturated rings. The summed E-state index contributed by atoms with van der Waals surface area (Å²) in [6.07, 6.45) is 1.12. The molecule has 0 unspecified atom stereocenters. The molecule has 2 rings (SSSR count). The van der Waals surface area contributed by atoms with E-state index in [0.717, 1.165) is 19.5 Å². The van der Waals surface area contributed by atoms with E-state index in [1.165, 1.54) is 11.1 Å². The van der Waals surface area contributed by atoms with E-state index in [1.807, 2.05) is 13.8 Å². The first-order valence-electron chi connectivity index (χ1n) is 7.11. The summed E-state index contributed by atoms with van der Waals surface area (Å²) in [6, 6.07) is 21.3. The molecule has 0 spiro atoms. The molecule has 0 bridgehead atoms. The Hall–Kier alpha value is -1.60. The minimum absolute atomic E-state index is 1.02. The third-order valence-electron chi connectivity index (χ3n) is 2.92. The number of hydrogen-bond donors (Lipinski definition) is 0. The van der Waals surface area contributed by atoms with Gasteiger partial charge in [0.05, 0.1) is 0 Å². The van der Waals surface area contributed by atoms with Crippen molar-refractivity contribution in [2.75, 3.05) is 13.6 Å². The predicted octanol–water partition coefficient (Wildman–Crippen LogP) is 4.39. The van der Waals surface area contributed by atoms with Crippen LogP contribution in [0.25, 0.3) is 0 Å². The number of rotatable bonds is 5. The lowest BCUT2D eigenvalue weighted by Gasteiger charge is -2.16. The van der Waals surface area contributed by atoms with E-state index in [-0.39, 0.29) is 0 Å². The Kier molecular flexibility index (Phi) is 7.60. The summed E-state index contributed by atoms with van der Waals surface area (Å²) in [5.74, 6) is 0. The van der Waals surface area contributed by atoms with Gasteiger partial charge in [-0.25, -0.2) is 0 Å². The molecule has 1 heteroatoms. The summed E-state index contributed by atoms with van der Waals surface area (Å²) in [5.41, 5.74) is 2.79. The van der Waals surface area contributed by atoms with Crippen LogP contribution in [0.5, 0.6) is 0 Å². The number of nitrogens with zero attached hydrogens (tertiary/aromatic N) is 1. The molecule has 0 saturated heterocycles. The van der Waals surface area contributed by atoms with Crippen molar-refractivity contribution in [2.24, 2.45) is 0 Å². The van der Waals surface area contributed by atoms with Gasteiger partial charge >= 0.3 is 0 Å². The second-order valence-electron chi connectivity index (χ2n) is 4.46. The summed E-state index contributed by atoms with van der Waals surface area (Å²) < 4.78 is 0. The zero-order chi connectivity index (χ0) is 13.9. The van der Waals surface area contributed by atoms with Crippen LogP contribution in [0.4, 0.5) is 0 Å². The van der Waals surface area contributed by atoms with Crippen LogP contribution in [0.15, 0.2) is 60.7 Å². The smallest absolute Gasteiger partial charge is 0.0230 e. The molecule has 0 aliphatic heterocycles. The van der Waals surface area contributed by atoms with Gasteiger partial charge in [0.15, 0.2) is 0 Å². The highest BCUT2D eigenvalue weighted by molar-refractivity contribution is 5.16. The van der Waals surface area contributed by atoms with Gasteiger partial charge in [0.2, 0.25) is 0 Å². The molecule has 0 N–H and O–H groups in total. The largest absolute Gasteiger partial charge is 0.302 e. The van der Waals surface area contributed by atoms with Gasteiger partial charge in [-0.1, -0.05) is 74.5 Å². The van der Waals surface area contributed by atoms with E-state index in [9.17, 15) is 0 Å². The Morgan fingerprint density at radius 3 is 1.74 bits per heavy atom. The summed E-state index contributed by atoms with van der Waals surface area (Å²) in [7, 11) is 2.18. The van der Waals surface area contributed by atoms with Gasteiger partial charge in [0.1, 0.15) is 0 Å². The van der Waals surface area contributed by atoms with Crippen molar-refractivity contribution in [3.05, 3.63) is 71.8 Å². The fourth-order valence-electron chi connectivity index (χ4n) is 1.94. The molecule has 0 radical (unpaired) electrons. The average Bonchev–Trinajstić information content (AvgIpc) is 2.49. The normalized spacial score (nSPS) is 9.89. The maximum absolute atomic E-state index is 2.36. The Morgan fingerprint density at radius 1 is 0.737 bits per heavy atom. The molecule has 2 aromatic rings. The van der Waals surface area contributed by atoms with E-state index in [0.29, 0.717) is 0 Å². The number of likely N-dealkylation sites (N-methyl/N-ethyl adjacent to an activating group) is 1. The highest BCUT2D eigenvalue weighted by atomic mass is 15.1. The zero-order valence-corrected chi connectivity index (χ0v) is 12.3. The Labute approximate surface area is 117 Å². The molecule has 19 heavy (non-hydrogen) atoms. The first-order valence-corrected chi connectivity index (χ1v) is 7.11. The zero-order valence-electron chi connectivity index (χ0n) is 12.3. The molecule has 0 amide bonds. The fourth-order valence-corrected chi connectivity index (χ4v) is 1.94. The van der Waals surface area contributed by atoms with Gasteiger partial charge in [0, 0.05) is 13.1 Å². The lowest BCUT2D eigenvalue weighted by atomic mass is 10.1. The minimum Gasteiger partial charge on any atom is -0.302 e. The molecular formula is C18H25N. The molecule has 0 heterocycles. The minimum atomic E-state index is 1.02. The fraction of sp³-hybridized carbons (Fsp3) is 0.333. The SMILES string of the molecule is CC.CN(CCc1ccccc1)Cc1ccccc1. The van der Waals surface area contributed by atoms with Crippen LogP contribution in [0.1, 0.15) is 25.0 Å². The summed E-state index contributed by atoms with van der Waals surface area (Å²) in [4.78, 5) is 2.36. The van der Waals surface area contributed by atoms with Gasteiger partial charge in [0.25, 0.3) is 0 Å². The van der Waals surface area contributed by atoms with Crippen molar-refractivity contribution < 1.29 is 0 Å². The second kappa shape index (κ2) is 9.35. The molecular weight excluding hydrogens is 230 g/mol. The maximum atomic E-state index is 2.36. The molecule has 0 saturated carbocycles. The van der Waals surface area contributed by atoms with Crippen LogP contribution < -0.4 is 0 Å². The van der Waals surface area contributed by atoms with Crippen molar-refractivity contribution in [1.29, 1.82) is 0 Å². The van der Waals surface area contributed by atoms with E-state index in [4.69, 9.17) is 0 Å². The van der Waals surface area contributed by atoms with Crippen molar-refractivity contribution in [1.82, 2.24) is 4.90 Å². The van der Waals surface area contributed by atoms with Crippen LogP contribution in [0, 0.1) is 0 Å². The summed E-state index contributed by atoms with van der Waals surface area (Å²) in [5, 5.41) is 0. The highest BCUT2D eigenvalue weighted by Crippen LogP contribution is 2.05. The lowest BCUT2D eigenvalue weighted by molar-refractivity contribution is 0.331. The average molecular weight is 255 g/mol. The van der Waals surface area contributed by atoms with Crippen LogP contribution in [-0.4, -0.2) is 18.5 Å². The first kappa shape index (κ1) is 15.5. The highest BCUT2D eigenvalue weighted by Gasteiger charge is 2.00. The molecule has 102 valence electrons. The summed E-state index contributed by atoms with van der Waals surface area (Å²) >= 11 is 0. The molecule has 0 aliphatic carbocycles. The second-order valence-corrected chi connectivity index (χ2v) is 4.46. The monoisotopic (exact) mass is 255 g/mol. The first-order chi connectivity index (χ1) is 9.34. The van der Waals surface area contributed by atoms with Gasteiger partial charge in [-0.15, -0.1) is 0 Å². The van der Waals surface area contributed by atoms with E-state index < -0.39 is 0 Å². The number of benzene rings is 2. The standard InChI is InChI=1S/C16H19N.C2H6/c1-17(14-16-10-6-3-7-11-16)13-12-15-8-4-2-5-9-15;1-2/h2-11H,12-14H2,1H3;1-2H3. The van der Waals surface area contributed by atoms with Crippen LogP contribution >= 0.6 is 0 Å². The van der Waals surface area contributed by atoms with Crippen molar-refractivity contribution in [3.63, 3.8) is 0 Å². The molecule has 2 aromatic carbocycles. The predicted molar refractivity (Wildman–Crippen MR) is 84.3 cm³/mol. The topological polar surface area (TPSA) is 3.24 Å². The lowest BCUT2D eigenvalue weighted by Crippen LogP contribution is -2.20. The Balaban J connectivity index is 0.000000861. The maximum Gasteiger partial charge on any atom is 0.0230 e. The van der Waals surface area contributed by atoms with Gasteiger partial charge in [-0.3, -0.25) is 0 Å². The van der Waals surface area contributed by atoms with Crippen molar-refractivity contribution >= 4 is 0 Å². The third kappa shape index (κ3) is 6.21. The van der Waals surface area contributed by atoms with Crippen molar-refractivity contribution in [3.8, 4) is 0 Å².